The number of hydrogen-bond acceptors (Lipinski definition) is 3. The molecular weight excluding hydrogens is 385 g/mol. The summed E-state index contributed by atoms with van der Waals surface area (Å²) >= 11 is 12.3. The van der Waals surface area contributed by atoms with Crippen LogP contribution in [0.4, 0.5) is 4.79 Å². The zero-order chi connectivity index (χ0) is 18.8. The van der Waals surface area contributed by atoms with Crippen LogP contribution >= 0.6 is 23.2 Å². The summed E-state index contributed by atoms with van der Waals surface area (Å²) in [5, 5.41) is 6.87. The highest BCUT2D eigenvalue weighted by Crippen LogP contribution is 2.38. The maximum Gasteiger partial charge on any atom is 0.315 e. The lowest BCUT2D eigenvalue weighted by atomic mass is 10.1. The molecule has 0 saturated carbocycles. The Bertz CT molecular complexity index is 973. The molecule has 0 bridgehead atoms. The number of carbonyl (C=O) groups is 1. The lowest BCUT2D eigenvalue weighted by Crippen LogP contribution is -2.37. The van der Waals surface area contributed by atoms with Gasteiger partial charge in [-0.15, -0.1) is 0 Å². The lowest BCUT2D eigenvalue weighted by Gasteiger charge is -2.15. The predicted molar refractivity (Wildman–Crippen MR) is 105 cm³/mol. The van der Waals surface area contributed by atoms with Gasteiger partial charge in [-0.05, 0) is 30.0 Å². The molecule has 0 saturated heterocycles. The van der Waals surface area contributed by atoms with Crippen LogP contribution < -0.4 is 10.6 Å². The molecular formula is C20H17Cl2N3O2. The number of amides is 2. The van der Waals surface area contributed by atoms with Crippen molar-refractivity contribution in [2.24, 2.45) is 0 Å². The topological polar surface area (TPSA) is 67.2 Å². The number of fused-ring (bicyclic) bond motifs is 1. The van der Waals surface area contributed by atoms with Crippen LogP contribution in [-0.2, 0) is 13.0 Å². The number of aromatic nitrogens is 1. The Balaban J connectivity index is 1.35. The molecule has 0 aliphatic heterocycles. The largest absolute Gasteiger partial charge is 0.439 e. The van der Waals surface area contributed by atoms with Gasteiger partial charge in [0, 0.05) is 5.56 Å². The summed E-state index contributed by atoms with van der Waals surface area (Å²) in [6.07, 6.45) is 3.24. The van der Waals surface area contributed by atoms with Crippen molar-refractivity contribution >= 4 is 29.2 Å². The molecule has 4 rings (SSSR count). The Morgan fingerprint density at radius 2 is 2.00 bits per heavy atom. The van der Waals surface area contributed by atoms with E-state index in [1.807, 2.05) is 36.4 Å². The first-order chi connectivity index (χ1) is 13.1. The minimum Gasteiger partial charge on any atom is -0.439 e. The van der Waals surface area contributed by atoms with Crippen molar-refractivity contribution in [2.75, 3.05) is 0 Å². The second-order valence-corrected chi connectivity index (χ2v) is 7.12. The Morgan fingerprint density at radius 1 is 1.19 bits per heavy atom. The molecule has 0 spiro atoms. The molecule has 1 unspecified atom stereocenters. The van der Waals surface area contributed by atoms with E-state index in [4.69, 9.17) is 27.6 Å². The van der Waals surface area contributed by atoms with Gasteiger partial charge in [0.1, 0.15) is 0 Å². The molecule has 5 nitrogen and oxygen atoms in total. The van der Waals surface area contributed by atoms with Gasteiger partial charge < -0.3 is 15.1 Å². The Morgan fingerprint density at radius 3 is 2.81 bits per heavy atom. The molecule has 0 fully saturated rings. The fraction of sp³-hybridized carbons (Fsp3) is 0.200. The van der Waals surface area contributed by atoms with E-state index < -0.39 is 0 Å². The third kappa shape index (κ3) is 3.80. The molecule has 7 heteroatoms. The van der Waals surface area contributed by atoms with Gasteiger partial charge in [-0.1, -0.05) is 59.6 Å². The second-order valence-electron chi connectivity index (χ2n) is 6.33. The SMILES string of the molecule is O=C(NCc1ncc(-c2ccccc2)o1)NC1CCc2c1ccc(Cl)c2Cl. The first-order valence-corrected chi connectivity index (χ1v) is 9.38. The summed E-state index contributed by atoms with van der Waals surface area (Å²) < 4.78 is 5.69. The molecule has 1 atom stereocenters. The minimum absolute atomic E-state index is 0.0841. The molecule has 0 radical (unpaired) electrons. The summed E-state index contributed by atoms with van der Waals surface area (Å²) in [5.74, 6) is 1.12. The van der Waals surface area contributed by atoms with Crippen LogP contribution in [0.2, 0.25) is 10.0 Å². The maximum absolute atomic E-state index is 12.3. The van der Waals surface area contributed by atoms with Crippen molar-refractivity contribution in [3.05, 3.63) is 75.7 Å². The Hall–Kier alpha value is -2.50. The summed E-state index contributed by atoms with van der Waals surface area (Å²) in [7, 11) is 0. The van der Waals surface area contributed by atoms with Gasteiger partial charge in [-0.25, -0.2) is 9.78 Å². The minimum atomic E-state index is -0.279. The van der Waals surface area contributed by atoms with E-state index >= 15 is 0 Å². The van der Waals surface area contributed by atoms with Crippen LogP contribution in [0.5, 0.6) is 0 Å². The third-order valence-electron chi connectivity index (χ3n) is 4.61. The fourth-order valence-electron chi connectivity index (χ4n) is 3.28. The van der Waals surface area contributed by atoms with E-state index in [-0.39, 0.29) is 18.6 Å². The van der Waals surface area contributed by atoms with E-state index in [1.165, 1.54) is 0 Å². The molecule has 2 aromatic carbocycles. The standard InChI is InChI=1S/C20H17Cl2N3O2/c21-15-8-6-13-14(19(15)22)7-9-16(13)25-20(26)24-11-18-23-10-17(27-18)12-4-2-1-3-5-12/h1-6,8,10,16H,7,9,11H2,(H2,24,25,26). The van der Waals surface area contributed by atoms with Crippen LogP contribution in [0.1, 0.15) is 29.5 Å². The first kappa shape index (κ1) is 17.9. The number of benzene rings is 2. The number of urea groups is 1. The Labute approximate surface area is 166 Å². The van der Waals surface area contributed by atoms with Gasteiger partial charge in [0.05, 0.1) is 28.8 Å². The van der Waals surface area contributed by atoms with Crippen LogP contribution in [0.3, 0.4) is 0 Å². The normalized spacial score (nSPS) is 15.4. The molecule has 1 aromatic heterocycles. The highest BCUT2D eigenvalue weighted by atomic mass is 35.5. The zero-order valence-electron chi connectivity index (χ0n) is 14.3. The molecule has 27 heavy (non-hydrogen) atoms. The number of rotatable bonds is 4. The molecule has 138 valence electrons. The van der Waals surface area contributed by atoms with Crippen LogP contribution in [0.15, 0.2) is 53.1 Å². The average Bonchev–Trinajstić information content (AvgIpc) is 3.31. The summed E-state index contributed by atoms with van der Waals surface area (Å²) in [6.45, 7) is 0.208. The molecule has 1 aliphatic carbocycles. The van der Waals surface area contributed by atoms with Crippen molar-refractivity contribution < 1.29 is 9.21 Å². The monoisotopic (exact) mass is 401 g/mol. The fourth-order valence-corrected chi connectivity index (χ4v) is 3.72. The zero-order valence-corrected chi connectivity index (χ0v) is 15.8. The predicted octanol–water partition coefficient (Wildman–Crippen LogP) is 5.14. The van der Waals surface area contributed by atoms with Crippen LogP contribution in [0.25, 0.3) is 11.3 Å². The van der Waals surface area contributed by atoms with E-state index in [1.54, 1.807) is 12.3 Å². The van der Waals surface area contributed by atoms with E-state index in [9.17, 15) is 4.79 Å². The van der Waals surface area contributed by atoms with Crippen LogP contribution in [0, 0.1) is 0 Å². The van der Waals surface area contributed by atoms with Crippen LogP contribution in [-0.4, -0.2) is 11.0 Å². The van der Waals surface area contributed by atoms with Gasteiger partial charge in [0.2, 0.25) is 5.89 Å². The Kier molecular flexibility index (Phi) is 5.05. The lowest BCUT2D eigenvalue weighted by molar-refractivity contribution is 0.235. The number of nitrogens with one attached hydrogen (secondary N) is 2. The van der Waals surface area contributed by atoms with Crippen molar-refractivity contribution in [3.8, 4) is 11.3 Å². The van der Waals surface area contributed by atoms with Gasteiger partial charge in [-0.3, -0.25) is 0 Å². The van der Waals surface area contributed by atoms with Gasteiger partial charge in [-0.2, -0.15) is 0 Å². The number of hydrogen-bond donors (Lipinski definition) is 2. The summed E-state index contributed by atoms with van der Waals surface area (Å²) in [6, 6.07) is 13.0. The molecule has 1 aliphatic rings. The number of carbonyl (C=O) groups excluding carboxylic acids is 1. The molecule has 2 N–H and O–H groups in total. The average molecular weight is 402 g/mol. The van der Waals surface area contributed by atoms with Crippen molar-refractivity contribution in [3.63, 3.8) is 0 Å². The first-order valence-electron chi connectivity index (χ1n) is 8.63. The molecule has 2 amide bonds. The van der Waals surface area contributed by atoms with Crippen molar-refractivity contribution in [2.45, 2.75) is 25.4 Å². The molecule has 1 heterocycles. The number of nitrogens with zero attached hydrogens (tertiary/aromatic N) is 1. The van der Waals surface area contributed by atoms with Gasteiger partial charge in [0.25, 0.3) is 0 Å². The van der Waals surface area contributed by atoms with Gasteiger partial charge >= 0.3 is 6.03 Å². The second kappa shape index (κ2) is 7.62. The van der Waals surface area contributed by atoms with Gasteiger partial charge in [0.15, 0.2) is 5.76 Å². The van der Waals surface area contributed by atoms with E-state index in [2.05, 4.69) is 15.6 Å². The quantitative estimate of drug-likeness (QED) is 0.636. The van der Waals surface area contributed by atoms with Crippen molar-refractivity contribution in [1.82, 2.24) is 15.6 Å². The van der Waals surface area contributed by atoms with E-state index in [0.29, 0.717) is 21.7 Å². The smallest absolute Gasteiger partial charge is 0.315 e. The maximum atomic E-state index is 12.3. The molecule has 3 aromatic rings. The summed E-state index contributed by atoms with van der Waals surface area (Å²) in [5.41, 5.74) is 2.97. The highest BCUT2D eigenvalue weighted by molar-refractivity contribution is 6.42. The van der Waals surface area contributed by atoms with E-state index in [0.717, 1.165) is 29.5 Å². The number of oxazole rings is 1. The summed E-state index contributed by atoms with van der Waals surface area (Å²) in [4.78, 5) is 16.5. The highest BCUT2D eigenvalue weighted by Gasteiger charge is 2.26. The van der Waals surface area contributed by atoms with Crippen molar-refractivity contribution in [1.29, 1.82) is 0 Å². The number of halogens is 2. The third-order valence-corrected chi connectivity index (χ3v) is 5.45.